The van der Waals surface area contributed by atoms with Crippen LogP contribution in [0.5, 0.6) is 0 Å². The first-order chi connectivity index (χ1) is 11.7. The fraction of sp³-hybridized carbons (Fsp3) is 0.167. The molecule has 0 aliphatic carbocycles. The molecule has 0 spiro atoms. The number of anilines is 1. The van der Waals surface area contributed by atoms with E-state index >= 15 is 0 Å². The maximum absolute atomic E-state index is 12.0. The third-order valence-electron chi connectivity index (χ3n) is 3.47. The molecule has 0 aliphatic rings. The lowest BCUT2D eigenvalue weighted by Crippen LogP contribution is -2.12. The van der Waals surface area contributed by atoms with Gasteiger partial charge in [-0.2, -0.15) is 0 Å². The Morgan fingerprint density at radius 3 is 2.67 bits per heavy atom. The van der Waals surface area contributed by atoms with Crippen molar-refractivity contribution in [1.29, 1.82) is 0 Å². The topological polar surface area (TPSA) is 64.1 Å². The summed E-state index contributed by atoms with van der Waals surface area (Å²) in [5.74, 6) is 0.0739. The second kappa shape index (κ2) is 7.27. The zero-order valence-electron chi connectivity index (χ0n) is 13.1. The van der Waals surface area contributed by atoms with Gasteiger partial charge in [0, 0.05) is 17.0 Å². The minimum absolute atomic E-state index is 0.0391. The number of benzene rings is 2. The van der Waals surface area contributed by atoms with E-state index in [0.29, 0.717) is 22.9 Å². The van der Waals surface area contributed by atoms with E-state index in [1.807, 2.05) is 48.5 Å². The molecular formula is C18H16ClN3O2. The average molecular weight is 342 g/mol. The summed E-state index contributed by atoms with van der Waals surface area (Å²) in [4.78, 5) is 20.6. The van der Waals surface area contributed by atoms with Gasteiger partial charge in [-0.25, -0.2) is 14.8 Å². The Kier molecular flexibility index (Phi) is 4.91. The molecule has 0 aliphatic heterocycles. The van der Waals surface area contributed by atoms with Crippen LogP contribution in [-0.2, 0) is 11.3 Å². The van der Waals surface area contributed by atoms with Gasteiger partial charge < -0.3 is 10.1 Å². The Balaban J connectivity index is 1.96. The van der Waals surface area contributed by atoms with Crippen LogP contribution in [0.25, 0.3) is 10.9 Å². The zero-order chi connectivity index (χ0) is 16.9. The molecular weight excluding hydrogens is 326 g/mol. The normalized spacial score (nSPS) is 10.6. The highest BCUT2D eigenvalue weighted by atomic mass is 35.5. The maximum atomic E-state index is 12.0. The number of fused-ring (bicyclic) bond motifs is 1. The number of ether oxygens (including phenoxy) is 1. The van der Waals surface area contributed by atoms with E-state index < -0.39 is 5.97 Å². The van der Waals surface area contributed by atoms with Gasteiger partial charge in [0.05, 0.1) is 12.1 Å². The smallest absolute Gasteiger partial charge is 0.376 e. The van der Waals surface area contributed by atoms with Gasteiger partial charge in [-0.15, -0.1) is 0 Å². The van der Waals surface area contributed by atoms with E-state index in [1.165, 1.54) is 0 Å². The van der Waals surface area contributed by atoms with Gasteiger partial charge >= 0.3 is 5.97 Å². The summed E-state index contributed by atoms with van der Waals surface area (Å²) < 4.78 is 5.00. The summed E-state index contributed by atoms with van der Waals surface area (Å²) in [6, 6.07) is 15.1. The summed E-state index contributed by atoms with van der Waals surface area (Å²) in [7, 11) is 0. The molecule has 0 amide bonds. The van der Waals surface area contributed by atoms with E-state index in [2.05, 4.69) is 15.3 Å². The molecule has 1 aromatic heterocycles. The minimum atomic E-state index is -0.538. The molecule has 0 unspecified atom stereocenters. The van der Waals surface area contributed by atoms with Gasteiger partial charge in [-0.05, 0) is 30.7 Å². The number of hydrogen-bond donors (Lipinski definition) is 1. The number of para-hydroxylation sites is 1. The van der Waals surface area contributed by atoms with Crippen LogP contribution >= 0.6 is 11.6 Å². The predicted octanol–water partition coefficient (Wildman–Crippen LogP) is 4.07. The third-order valence-corrected chi connectivity index (χ3v) is 3.83. The van der Waals surface area contributed by atoms with Gasteiger partial charge in [-0.3, -0.25) is 0 Å². The van der Waals surface area contributed by atoms with E-state index in [0.717, 1.165) is 10.9 Å². The van der Waals surface area contributed by atoms with Crippen molar-refractivity contribution >= 4 is 34.3 Å². The number of nitrogens with one attached hydrogen (secondary N) is 1. The van der Waals surface area contributed by atoms with E-state index in [-0.39, 0.29) is 12.4 Å². The van der Waals surface area contributed by atoms with Crippen molar-refractivity contribution in [2.45, 2.75) is 13.5 Å². The number of halogens is 1. The van der Waals surface area contributed by atoms with Crippen molar-refractivity contribution < 1.29 is 9.53 Å². The molecule has 0 fully saturated rings. The van der Waals surface area contributed by atoms with Gasteiger partial charge in [0.2, 0.25) is 5.82 Å². The molecule has 1 N–H and O–H groups in total. The minimum Gasteiger partial charge on any atom is -0.460 e. The van der Waals surface area contributed by atoms with Crippen molar-refractivity contribution in [3.63, 3.8) is 0 Å². The number of nitrogens with zero attached hydrogens (tertiary/aromatic N) is 2. The van der Waals surface area contributed by atoms with Crippen LogP contribution in [0.4, 0.5) is 5.82 Å². The standard InChI is InChI=1S/C18H16ClN3O2/c1-2-24-18(23)17-21-15-10-6-4-8-13(15)16(22-17)20-11-12-7-3-5-9-14(12)19/h3-10H,2,11H2,1H3,(H,20,21,22). The molecule has 0 atom stereocenters. The second-order valence-corrected chi connectivity index (χ2v) is 5.49. The van der Waals surface area contributed by atoms with E-state index in [4.69, 9.17) is 16.3 Å². The molecule has 1 heterocycles. The SMILES string of the molecule is CCOC(=O)c1nc(NCc2ccccc2Cl)c2ccccc2n1. The van der Waals surface area contributed by atoms with Crippen LogP contribution in [0.3, 0.4) is 0 Å². The quantitative estimate of drug-likeness (QED) is 0.709. The number of hydrogen-bond acceptors (Lipinski definition) is 5. The second-order valence-electron chi connectivity index (χ2n) is 5.08. The van der Waals surface area contributed by atoms with Crippen molar-refractivity contribution in [3.8, 4) is 0 Å². The summed E-state index contributed by atoms with van der Waals surface area (Å²) in [6.45, 7) is 2.51. The lowest BCUT2D eigenvalue weighted by atomic mass is 10.2. The highest BCUT2D eigenvalue weighted by molar-refractivity contribution is 6.31. The number of carbonyl (C=O) groups excluding carboxylic acids is 1. The fourth-order valence-electron chi connectivity index (χ4n) is 2.32. The molecule has 0 saturated heterocycles. The monoisotopic (exact) mass is 341 g/mol. The molecule has 0 saturated carbocycles. The Morgan fingerprint density at radius 2 is 1.88 bits per heavy atom. The molecule has 2 aromatic carbocycles. The van der Waals surface area contributed by atoms with E-state index in [1.54, 1.807) is 6.92 Å². The third kappa shape index (κ3) is 3.46. The maximum Gasteiger partial charge on any atom is 0.376 e. The summed E-state index contributed by atoms with van der Waals surface area (Å²) >= 11 is 6.18. The van der Waals surface area contributed by atoms with Crippen LogP contribution in [0.15, 0.2) is 48.5 Å². The van der Waals surface area contributed by atoms with Crippen molar-refractivity contribution in [2.24, 2.45) is 0 Å². The van der Waals surface area contributed by atoms with Crippen molar-refractivity contribution in [2.75, 3.05) is 11.9 Å². The first kappa shape index (κ1) is 16.2. The average Bonchev–Trinajstić information content (AvgIpc) is 2.61. The van der Waals surface area contributed by atoms with Crippen molar-refractivity contribution in [1.82, 2.24) is 9.97 Å². The molecule has 6 heteroatoms. The Hall–Kier alpha value is -2.66. The highest BCUT2D eigenvalue weighted by Gasteiger charge is 2.15. The predicted molar refractivity (Wildman–Crippen MR) is 94.3 cm³/mol. The lowest BCUT2D eigenvalue weighted by molar-refractivity contribution is 0.0512. The molecule has 3 rings (SSSR count). The zero-order valence-corrected chi connectivity index (χ0v) is 13.9. The van der Waals surface area contributed by atoms with Gasteiger partial charge in [-0.1, -0.05) is 41.9 Å². The first-order valence-electron chi connectivity index (χ1n) is 7.60. The Bertz CT molecular complexity index is 883. The number of rotatable bonds is 5. The number of esters is 1. The largest absolute Gasteiger partial charge is 0.460 e. The molecule has 122 valence electrons. The van der Waals surface area contributed by atoms with Crippen molar-refractivity contribution in [3.05, 3.63) is 64.9 Å². The molecule has 24 heavy (non-hydrogen) atoms. The molecule has 3 aromatic rings. The van der Waals surface area contributed by atoms with Crippen LogP contribution in [0, 0.1) is 0 Å². The molecule has 5 nitrogen and oxygen atoms in total. The van der Waals surface area contributed by atoms with Gasteiger partial charge in [0.15, 0.2) is 0 Å². The fourth-order valence-corrected chi connectivity index (χ4v) is 2.52. The molecule has 0 bridgehead atoms. The van der Waals surface area contributed by atoms with Crippen LogP contribution in [0.2, 0.25) is 5.02 Å². The summed E-state index contributed by atoms with van der Waals surface area (Å²) in [6.07, 6.45) is 0. The van der Waals surface area contributed by atoms with E-state index in [9.17, 15) is 4.79 Å². The van der Waals surface area contributed by atoms with Crippen LogP contribution < -0.4 is 5.32 Å². The van der Waals surface area contributed by atoms with Crippen LogP contribution in [-0.4, -0.2) is 22.5 Å². The number of carbonyl (C=O) groups is 1. The van der Waals surface area contributed by atoms with Gasteiger partial charge in [0.25, 0.3) is 0 Å². The highest BCUT2D eigenvalue weighted by Crippen LogP contribution is 2.22. The lowest BCUT2D eigenvalue weighted by Gasteiger charge is -2.11. The van der Waals surface area contributed by atoms with Crippen LogP contribution in [0.1, 0.15) is 23.1 Å². The summed E-state index contributed by atoms with van der Waals surface area (Å²) in [5.41, 5.74) is 1.62. The molecule has 0 radical (unpaired) electrons. The Labute approximate surface area is 144 Å². The number of aromatic nitrogens is 2. The Morgan fingerprint density at radius 1 is 1.12 bits per heavy atom. The summed E-state index contributed by atoms with van der Waals surface area (Å²) in [5, 5.41) is 4.74. The van der Waals surface area contributed by atoms with Gasteiger partial charge in [0.1, 0.15) is 5.82 Å². The first-order valence-corrected chi connectivity index (χ1v) is 7.98.